The minimum absolute atomic E-state index is 0.0226. The Hall–Kier alpha value is -2.79. The van der Waals surface area contributed by atoms with E-state index in [4.69, 9.17) is 9.47 Å². The zero-order valence-corrected chi connectivity index (χ0v) is 18.3. The summed E-state index contributed by atoms with van der Waals surface area (Å²) in [6, 6.07) is 8.47. The van der Waals surface area contributed by atoms with Crippen LogP contribution in [0.15, 0.2) is 41.3 Å². The van der Waals surface area contributed by atoms with Crippen molar-refractivity contribution in [2.75, 3.05) is 57.1 Å². The number of alkyl halides is 2. The van der Waals surface area contributed by atoms with Gasteiger partial charge < -0.3 is 24.0 Å². The highest BCUT2D eigenvalue weighted by atomic mass is 32.2. The zero-order chi connectivity index (χ0) is 22.6. The fourth-order valence-corrected chi connectivity index (χ4v) is 4.34. The fourth-order valence-electron chi connectivity index (χ4n) is 3.27. The van der Waals surface area contributed by atoms with Gasteiger partial charge >= 0.3 is 6.61 Å². The van der Waals surface area contributed by atoms with E-state index in [0.717, 1.165) is 32.2 Å². The maximum atomic E-state index is 13.0. The fraction of sp³-hybridized carbons (Fsp3) is 0.400. The SMILES string of the molecule is COc1ccc(NS(=O)(=O)c2ccc(OC)c(N3CCN(C)CC3)c2)cc1OC(F)F. The van der Waals surface area contributed by atoms with Crippen molar-refractivity contribution in [3.05, 3.63) is 36.4 Å². The van der Waals surface area contributed by atoms with Crippen LogP contribution in [0.5, 0.6) is 17.2 Å². The van der Waals surface area contributed by atoms with Gasteiger partial charge in [0.15, 0.2) is 11.5 Å². The summed E-state index contributed by atoms with van der Waals surface area (Å²) in [5.74, 6) is 0.358. The van der Waals surface area contributed by atoms with Crippen LogP contribution in [0, 0.1) is 0 Å². The summed E-state index contributed by atoms with van der Waals surface area (Å²) in [6.45, 7) is 0.0788. The van der Waals surface area contributed by atoms with Crippen LogP contribution in [-0.4, -0.2) is 67.4 Å². The van der Waals surface area contributed by atoms with E-state index in [1.807, 2.05) is 7.05 Å². The first-order valence-corrected chi connectivity index (χ1v) is 11.0. The summed E-state index contributed by atoms with van der Waals surface area (Å²) in [5.41, 5.74) is 0.739. The number of nitrogens with zero attached hydrogens (tertiary/aromatic N) is 2. The lowest BCUT2D eigenvalue weighted by Gasteiger charge is -2.34. The summed E-state index contributed by atoms with van der Waals surface area (Å²) in [4.78, 5) is 4.28. The second kappa shape index (κ2) is 9.56. The van der Waals surface area contributed by atoms with E-state index >= 15 is 0 Å². The van der Waals surface area contributed by atoms with E-state index in [-0.39, 0.29) is 22.1 Å². The first-order chi connectivity index (χ1) is 14.7. The molecule has 170 valence electrons. The van der Waals surface area contributed by atoms with Crippen LogP contribution >= 0.6 is 0 Å². The molecule has 0 unspecified atom stereocenters. The molecule has 2 aromatic carbocycles. The Bertz CT molecular complexity index is 1010. The number of benzene rings is 2. The molecule has 1 aliphatic rings. The third kappa shape index (κ3) is 5.47. The second-order valence-electron chi connectivity index (χ2n) is 6.97. The van der Waals surface area contributed by atoms with E-state index in [2.05, 4.69) is 19.3 Å². The van der Waals surface area contributed by atoms with Crippen molar-refractivity contribution in [2.45, 2.75) is 11.5 Å². The van der Waals surface area contributed by atoms with Gasteiger partial charge in [0.2, 0.25) is 0 Å². The van der Waals surface area contributed by atoms with Gasteiger partial charge in [-0.2, -0.15) is 8.78 Å². The number of hydrogen-bond donors (Lipinski definition) is 1. The van der Waals surface area contributed by atoms with Crippen molar-refractivity contribution in [2.24, 2.45) is 0 Å². The lowest BCUT2D eigenvalue weighted by atomic mass is 10.2. The van der Waals surface area contributed by atoms with Gasteiger partial charge in [0.1, 0.15) is 5.75 Å². The highest BCUT2D eigenvalue weighted by molar-refractivity contribution is 7.92. The van der Waals surface area contributed by atoms with Crippen molar-refractivity contribution < 1.29 is 31.4 Å². The Kier molecular flexibility index (Phi) is 7.06. The minimum Gasteiger partial charge on any atom is -0.495 e. The molecule has 31 heavy (non-hydrogen) atoms. The first-order valence-electron chi connectivity index (χ1n) is 9.50. The standard InChI is InChI=1S/C20H25F2N3O5S/c1-24-8-10-25(11-9-24)16-13-15(5-7-17(16)28-2)31(26,27)23-14-4-6-18(29-3)19(12-14)30-20(21)22/h4-7,12-13,20,23H,8-11H2,1-3H3. The molecular formula is C20H25F2N3O5S. The molecule has 1 saturated heterocycles. The van der Waals surface area contributed by atoms with E-state index in [1.54, 1.807) is 12.1 Å². The Balaban J connectivity index is 1.89. The molecule has 0 aliphatic carbocycles. The number of halogens is 2. The molecule has 0 spiro atoms. The Labute approximate surface area is 180 Å². The van der Waals surface area contributed by atoms with Crippen molar-refractivity contribution in [3.63, 3.8) is 0 Å². The first kappa shape index (κ1) is 22.9. The van der Waals surface area contributed by atoms with Gasteiger partial charge in [0.05, 0.1) is 30.5 Å². The molecule has 2 aromatic rings. The van der Waals surface area contributed by atoms with Gasteiger partial charge in [-0.1, -0.05) is 0 Å². The smallest absolute Gasteiger partial charge is 0.387 e. The van der Waals surface area contributed by atoms with Crippen molar-refractivity contribution >= 4 is 21.4 Å². The van der Waals surface area contributed by atoms with Crippen LogP contribution in [0.1, 0.15) is 0 Å². The molecular weight excluding hydrogens is 432 g/mol. The van der Waals surface area contributed by atoms with Crippen LogP contribution < -0.4 is 23.8 Å². The van der Waals surface area contributed by atoms with Gasteiger partial charge in [-0.05, 0) is 37.4 Å². The quantitative estimate of drug-likeness (QED) is 0.653. The molecule has 1 aliphatic heterocycles. The third-order valence-electron chi connectivity index (χ3n) is 4.94. The van der Waals surface area contributed by atoms with Gasteiger partial charge in [-0.25, -0.2) is 8.42 Å². The predicted molar refractivity (Wildman–Crippen MR) is 113 cm³/mol. The molecule has 8 nitrogen and oxygen atoms in total. The Morgan fingerprint density at radius 2 is 1.58 bits per heavy atom. The van der Waals surface area contributed by atoms with Crippen LogP contribution in [0.3, 0.4) is 0 Å². The molecule has 0 saturated carbocycles. The molecule has 0 bridgehead atoms. The van der Waals surface area contributed by atoms with Crippen LogP contribution in [0.2, 0.25) is 0 Å². The van der Waals surface area contributed by atoms with Crippen LogP contribution in [-0.2, 0) is 10.0 Å². The largest absolute Gasteiger partial charge is 0.495 e. The summed E-state index contributed by atoms with van der Waals surface area (Å²) in [5, 5.41) is 0. The number of sulfonamides is 1. The zero-order valence-electron chi connectivity index (χ0n) is 17.5. The molecule has 3 rings (SSSR count). The van der Waals surface area contributed by atoms with Crippen molar-refractivity contribution in [1.82, 2.24) is 4.90 Å². The average Bonchev–Trinajstić information content (AvgIpc) is 2.73. The molecule has 0 radical (unpaired) electrons. The number of piperazine rings is 1. The Morgan fingerprint density at radius 1 is 0.935 bits per heavy atom. The maximum absolute atomic E-state index is 13.0. The predicted octanol–water partition coefficient (Wildman–Crippen LogP) is 2.86. The summed E-state index contributed by atoms with van der Waals surface area (Å²) in [7, 11) is 0.858. The lowest BCUT2D eigenvalue weighted by Crippen LogP contribution is -2.44. The maximum Gasteiger partial charge on any atom is 0.387 e. The molecule has 11 heteroatoms. The molecule has 0 amide bonds. The molecule has 0 aromatic heterocycles. The number of hydrogen-bond acceptors (Lipinski definition) is 7. The van der Waals surface area contributed by atoms with Crippen molar-refractivity contribution in [3.8, 4) is 17.2 Å². The topological polar surface area (TPSA) is 80.3 Å². The lowest BCUT2D eigenvalue weighted by molar-refractivity contribution is -0.0511. The van der Waals surface area contributed by atoms with E-state index < -0.39 is 16.6 Å². The van der Waals surface area contributed by atoms with E-state index in [0.29, 0.717) is 11.4 Å². The number of rotatable bonds is 8. The monoisotopic (exact) mass is 457 g/mol. The molecule has 1 fully saturated rings. The van der Waals surface area contributed by atoms with Crippen LogP contribution in [0.4, 0.5) is 20.2 Å². The Morgan fingerprint density at radius 3 is 2.19 bits per heavy atom. The van der Waals surface area contributed by atoms with Crippen molar-refractivity contribution in [1.29, 1.82) is 0 Å². The van der Waals surface area contributed by atoms with Gasteiger partial charge in [0, 0.05) is 32.2 Å². The van der Waals surface area contributed by atoms with E-state index in [1.165, 1.54) is 32.4 Å². The highest BCUT2D eigenvalue weighted by Gasteiger charge is 2.22. The molecule has 1 heterocycles. The van der Waals surface area contributed by atoms with Gasteiger partial charge in [-0.3, -0.25) is 4.72 Å². The molecule has 1 N–H and O–H groups in total. The number of nitrogens with one attached hydrogen (secondary N) is 1. The summed E-state index contributed by atoms with van der Waals surface area (Å²) < 4.78 is 68.5. The molecule has 0 atom stereocenters. The normalized spacial score (nSPS) is 15.1. The second-order valence-corrected chi connectivity index (χ2v) is 8.66. The average molecular weight is 457 g/mol. The number of likely N-dealkylation sites (N-methyl/N-ethyl adjacent to an activating group) is 1. The highest BCUT2D eigenvalue weighted by Crippen LogP contribution is 2.34. The summed E-state index contributed by atoms with van der Waals surface area (Å²) in [6.07, 6.45) is 0. The number of anilines is 2. The van der Waals surface area contributed by atoms with Gasteiger partial charge in [-0.15, -0.1) is 0 Å². The third-order valence-corrected chi connectivity index (χ3v) is 6.32. The number of ether oxygens (including phenoxy) is 3. The minimum atomic E-state index is -4.00. The number of methoxy groups -OCH3 is 2. The summed E-state index contributed by atoms with van der Waals surface area (Å²) >= 11 is 0. The van der Waals surface area contributed by atoms with Crippen LogP contribution in [0.25, 0.3) is 0 Å². The van der Waals surface area contributed by atoms with E-state index in [9.17, 15) is 17.2 Å². The van der Waals surface area contributed by atoms with Gasteiger partial charge in [0.25, 0.3) is 10.0 Å².